The molecule has 1 aliphatic rings. The molecule has 0 unspecified atom stereocenters. The van der Waals surface area contributed by atoms with Gasteiger partial charge in [-0.25, -0.2) is 9.37 Å². The lowest BCUT2D eigenvalue weighted by Gasteiger charge is -2.22. The fraction of sp³-hybridized carbons (Fsp3) is 0.444. The number of benzene rings is 1. The highest BCUT2D eigenvalue weighted by Gasteiger charge is 2.35. The molecule has 1 aromatic carbocycles. The van der Waals surface area contributed by atoms with Crippen molar-refractivity contribution in [3.63, 3.8) is 0 Å². The van der Waals surface area contributed by atoms with Crippen LogP contribution in [0.15, 0.2) is 18.2 Å². The van der Waals surface area contributed by atoms with E-state index in [9.17, 15) is 4.39 Å². The van der Waals surface area contributed by atoms with Gasteiger partial charge in [-0.05, 0) is 38.0 Å². The van der Waals surface area contributed by atoms with Gasteiger partial charge in [-0.1, -0.05) is 6.07 Å². The van der Waals surface area contributed by atoms with Gasteiger partial charge in [0.05, 0.1) is 23.4 Å². The Bertz CT molecular complexity index is 760. The average molecular weight is 328 g/mol. The number of imidazole rings is 1. The quantitative estimate of drug-likeness (QED) is 0.937. The van der Waals surface area contributed by atoms with Crippen LogP contribution in [0.3, 0.4) is 0 Å². The van der Waals surface area contributed by atoms with Gasteiger partial charge < -0.3 is 9.72 Å². The number of ether oxygens (including phenoxy) is 1. The SMILES string of the molecule is CO[C@@H]1C[C@@H](c2nc(C)c(C)[nH]2)N(Cc2ccc(F)c(C#N)c2)C1. The zero-order valence-electron chi connectivity index (χ0n) is 14.1. The number of methoxy groups -OCH3 is 1. The number of likely N-dealkylation sites (tertiary alicyclic amines) is 1. The van der Waals surface area contributed by atoms with E-state index >= 15 is 0 Å². The van der Waals surface area contributed by atoms with Crippen molar-refractivity contribution >= 4 is 0 Å². The first-order valence-electron chi connectivity index (χ1n) is 8.00. The van der Waals surface area contributed by atoms with Crippen molar-refractivity contribution in [2.24, 2.45) is 0 Å². The Morgan fingerprint density at radius 3 is 2.88 bits per heavy atom. The lowest BCUT2D eigenvalue weighted by Crippen LogP contribution is -2.25. The zero-order valence-corrected chi connectivity index (χ0v) is 14.1. The molecule has 5 nitrogen and oxygen atoms in total. The molecule has 2 aromatic rings. The molecule has 2 heterocycles. The highest BCUT2D eigenvalue weighted by Crippen LogP contribution is 2.33. The van der Waals surface area contributed by atoms with Crippen molar-refractivity contribution in [2.75, 3.05) is 13.7 Å². The zero-order chi connectivity index (χ0) is 17.3. The summed E-state index contributed by atoms with van der Waals surface area (Å²) in [6.45, 7) is 5.40. The predicted molar refractivity (Wildman–Crippen MR) is 87.7 cm³/mol. The molecule has 3 rings (SSSR count). The van der Waals surface area contributed by atoms with Gasteiger partial charge in [0.1, 0.15) is 17.7 Å². The van der Waals surface area contributed by atoms with Crippen LogP contribution in [0, 0.1) is 31.0 Å². The van der Waals surface area contributed by atoms with E-state index in [2.05, 4.69) is 14.9 Å². The van der Waals surface area contributed by atoms with Crippen LogP contribution in [0.4, 0.5) is 4.39 Å². The molecule has 0 aliphatic carbocycles. The molecule has 0 spiro atoms. The van der Waals surface area contributed by atoms with Crippen LogP contribution in [0.1, 0.15) is 40.8 Å². The second kappa shape index (κ2) is 6.71. The first kappa shape index (κ1) is 16.6. The highest BCUT2D eigenvalue weighted by molar-refractivity contribution is 5.34. The van der Waals surface area contributed by atoms with Crippen LogP contribution in [-0.4, -0.2) is 34.6 Å². The van der Waals surface area contributed by atoms with E-state index in [4.69, 9.17) is 10.00 Å². The Hall–Kier alpha value is -2.23. The van der Waals surface area contributed by atoms with Gasteiger partial charge in [-0.2, -0.15) is 5.26 Å². The van der Waals surface area contributed by atoms with E-state index in [0.717, 1.165) is 35.7 Å². The topological polar surface area (TPSA) is 64.9 Å². The largest absolute Gasteiger partial charge is 0.380 e. The number of H-pyrrole nitrogens is 1. The Kier molecular flexibility index (Phi) is 4.65. The summed E-state index contributed by atoms with van der Waals surface area (Å²) in [6.07, 6.45) is 0.992. The summed E-state index contributed by atoms with van der Waals surface area (Å²) in [6, 6.07) is 6.72. The monoisotopic (exact) mass is 328 g/mol. The molecule has 1 fully saturated rings. The van der Waals surface area contributed by atoms with Gasteiger partial charge in [0.2, 0.25) is 0 Å². The lowest BCUT2D eigenvalue weighted by molar-refractivity contribution is 0.107. The second-order valence-electron chi connectivity index (χ2n) is 6.30. The van der Waals surface area contributed by atoms with Gasteiger partial charge in [-0.15, -0.1) is 0 Å². The number of rotatable bonds is 4. The van der Waals surface area contributed by atoms with Gasteiger partial charge >= 0.3 is 0 Å². The molecular formula is C18H21FN4O. The number of halogens is 1. The molecule has 1 N–H and O–H groups in total. The Balaban J connectivity index is 1.85. The van der Waals surface area contributed by atoms with E-state index in [0.29, 0.717) is 6.54 Å². The maximum atomic E-state index is 13.5. The van der Waals surface area contributed by atoms with E-state index in [1.807, 2.05) is 19.9 Å². The lowest BCUT2D eigenvalue weighted by atomic mass is 10.1. The van der Waals surface area contributed by atoms with E-state index < -0.39 is 5.82 Å². The summed E-state index contributed by atoms with van der Waals surface area (Å²) in [4.78, 5) is 10.3. The summed E-state index contributed by atoms with van der Waals surface area (Å²) in [5, 5.41) is 9.01. The smallest absolute Gasteiger partial charge is 0.140 e. The fourth-order valence-corrected chi connectivity index (χ4v) is 3.22. The molecule has 6 heteroatoms. The molecule has 0 saturated carbocycles. The molecule has 0 amide bonds. The third-order valence-corrected chi connectivity index (χ3v) is 4.70. The standard InChI is InChI=1S/C18H21FN4O/c1-11-12(2)22-18(21-11)17-7-15(24-3)10-23(17)9-13-4-5-16(19)14(6-13)8-20/h4-6,15,17H,7,9-10H2,1-3H3,(H,21,22)/t15-,17+/m1/s1. The maximum Gasteiger partial charge on any atom is 0.140 e. The maximum absolute atomic E-state index is 13.5. The fourth-order valence-electron chi connectivity index (χ4n) is 3.22. The normalized spacial score (nSPS) is 21.1. The summed E-state index contributed by atoms with van der Waals surface area (Å²) in [5.74, 6) is 0.457. The first-order chi connectivity index (χ1) is 11.5. The minimum atomic E-state index is -0.480. The van der Waals surface area contributed by atoms with E-state index in [-0.39, 0.29) is 17.7 Å². The van der Waals surface area contributed by atoms with Crippen molar-refractivity contribution < 1.29 is 9.13 Å². The Morgan fingerprint density at radius 2 is 2.25 bits per heavy atom. The second-order valence-corrected chi connectivity index (χ2v) is 6.30. The van der Waals surface area contributed by atoms with Gasteiger partial charge in [0.15, 0.2) is 0 Å². The van der Waals surface area contributed by atoms with Crippen LogP contribution in [0.5, 0.6) is 0 Å². The van der Waals surface area contributed by atoms with Crippen molar-refractivity contribution in [1.29, 1.82) is 5.26 Å². The average Bonchev–Trinajstić information content (AvgIpc) is 3.12. The highest BCUT2D eigenvalue weighted by atomic mass is 19.1. The van der Waals surface area contributed by atoms with Gasteiger partial charge in [0, 0.05) is 25.9 Å². The number of hydrogen-bond donors (Lipinski definition) is 1. The van der Waals surface area contributed by atoms with Crippen LogP contribution in [0.2, 0.25) is 0 Å². The van der Waals surface area contributed by atoms with Crippen molar-refractivity contribution in [3.8, 4) is 6.07 Å². The van der Waals surface area contributed by atoms with Crippen molar-refractivity contribution in [3.05, 3.63) is 52.4 Å². The molecule has 1 aliphatic heterocycles. The minimum Gasteiger partial charge on any atom is -0.380 e. The number of aromatic amines is 1. The van der Waals surface area contributed by atoms with Gasteiger partial charge in [-0.3, -0.25) is 4.90 Å². The first-order valence-corrected chi connectivity index (χ1v) is 8.00. The molecule has 0 bridgehead atoms. The summed E-state index contributed by atoms with van der Waals surface area (Å²) in [7, 11) is 1.72. The Labute approximate surface area is 141 Å². The van der Waals surface area contributed by atoms with Crippen molar-refractivity contribution in [2.45, 2.75) is 39.0 Å². The molecule has 1 saturated heterocycles. The number of nitrogens with zero attached hydrogens (tertiary/aromatic N) is 3. The third kappa shape index (κ3) is 3.18. The molecule has 24 heavy (non-hydrogen) atoms. The van der Waals surface area contributed by atoms with Crippen molar-refractivity contribution in [1.82, 2.24) is 14.9 Å². The predicted octanol–water partition coefficient (Wildman–Crippen LogP) is 3.00. The number of nitrogens with one attached hydrogen (secondary N) is 1. The number of aryl methyl sites for hydroxylation is 2. The van der Waals surface area contributed by atoms with Gasteiger partial charge in [0.25, 0.3) is 0 Å². The molecule has 2 atom stereocenters. The molecule has 0 radical (unpaired) electrons. The summed E-state index contributed by atoms with van der Waals surface area (Å²) >= 11 is 0. The summed E-state index contributed by atoms with van der Waals surface area (Å²) in [5.41, 5.74) is 3.06. The van der Waals surface area contributed by atoms with E-state index in [1.54, 1.807) is 19.2 Å². The third-order valence-electron chi connectivity index (χ3n) is 4.70. The number of hydrogen-bond acceptors (Lipinski definition) is 4. The van der Waals surface area contributed by atoms with E-state index in [1.165, 1.54) is 6.07 Å². The van der Waals surface area contributed by atoms with Crippen LogP contribution < -0.4 is 0 Å². The Morgan fingerprint density at radius 1 is 1.46 bits per heavy atom. The molecule has 1 aromatic heterocycles. The minimum absolute atomic E-state index is 0.0798. The summed E-state index contributed by atoms with van der Waals surface area (Å²) < 4.78 is 19.1. The number of nitriles is 1. The molecule has 126 valence electrons. The van der Waals surface area contributed by atoms with Crippen LogP contribution in [0.25, 0.3) is 0 Å². The van der Waals surface area contributed by atoms with Crippen LogP contribution in [-0.2, 0) is 11.3 Å². The van der Waals surface area contributed by atoms with Crippen LogP contribution >= 0.6 is 0 Å². The molecular weight excluding hydrogens is 307 g/mol. The number of aromatic nitrogens is 2.